The molecule has 9 nitrogen and oxygen atoms in total. The van der Waals surface area contributed by atoms with Gasteiger partial charge in [0.1, 0.15) is 5.75 Å². The molecule has 4 aromatic rings. The molecule has 0 amide bonds. The Hall–Kier alpha value is -4.01. The Bertz CT molecular complexity index is 1090. The van der Waals surface area contributed by atoms with E-state index in [9.17, 15) is 4.79 Å². The number of hydrogen-bond acceptors (Lipinski definition) is 9. The van der Waals surface area contributed by atoms with Crippen molar-refractivity contribution in [2.75, 3.05) is 7.11 Å². The minimum Gasteiger partial charge on any atom is -0.497 e. The molecule has 146 valence electrons. The first-order valence-corrected chi connectivity index (χ1v) is 8.69. The van der Waals surface area contributed by atoms with Crippen LogP contribution in [0.25, 0.3) is 22.9 Å². The van der Waals surface area contributed by atoms with Crippen molar-refractivity contribution in [1.29, 1.82) is 0 Å². The summed E-state index contributed by atoms with van der Waals surface area (Å²) in [6.45, 7) is 1.66. The number of esters is 1. The van der Waals surface area contributed by atoms with Crippen LogP contribution < -0.4 is 4.74 Å². The van der Waals surface area contributed by atoms with Crippen molar-refractivity contribution >= 4 is 5.97 Å². The van der Waals surface area contributed by atoms with E-state index in [4.69, 9.17) is 18.3 Å². The van der Waals surface area contributed by atoms with Crippen molar-refractivity contribution in [3.05, 3.63) is 66.4 Å². The van der Waals surface area contributed by atoms with Gasteiger partial charge in [0.2, 0.25) is 18.2 Å². The normalized spacial score (nSPS) is 11.8. The van der Waals surface area contributed by atoms with Crippen LogP contribution in [-0.2, 0) is 4.74 Å². The number of methoxy groups -OCH3 is 1. The maximum Gasteiger partial charge on any atom is 0.338 e. The summed E-state index contributed by atoms with van der Waals surface area (Å²) >= 11 is 0. The molecule has 0 N–H and O–H groups in total. The third kappa shape index (κ3) is 3.98. The molecule has 9 heteroatoms. The van der Waals surface area contributed by atoms with E-state index in [1.807, 2.05) is 0 Å². The van der Waals surface area contributed by atoms with Crippen molar-refractivity contribution in [3.63, 3.8) is 0 Å². The lowest BCUT2D eigenvalue weighted by Crippen LogP contribution is -2.09. The van der Waals surface area contributed by atoms with Crippen molar-refractivity contribution in [1.82, 2.24) is 20.4 Å². The van der Waals surface area contributed by atoms with Gasteiger partial charge in [-0.3, -0.25) is 0 Å². The lowest BCUT2D eigenvalue weighted by molar-refractivity contribution is 0.0280. The van der Waals surface area contributed by atoms with Gasteiger partial charge in [0.15, 0.2) is 6.10 Å². The number of nitrogens with zero attached hydrogens (tertiary/aromatic N) is 4. The van der Waals surface area contributed by atoms with Gasteiger partial charge < -0.3 is 18.3 Å². The molecule has 0 aliphatic heterocycles. The molecule has 1 atom stereocenters. The van der Waals surface area contributed by atoms with E-state index >= 15 is 0 Å². The predicted molar refractivity (Wildman–Crippen MR) is 99.9 cm³/mol. The van der Waals surface area contributed by atoms with Crippen LogP contribution in [0.5, 0.6) is 5.75 Å². The standard InChI is InChI=1S/C20H16N4O5/c1-12(17-23-24-19(29-17)14-7-9-16(26-2)10-8-14)28-20(25)15-5-3-13(4-6-15)18-22-21-11-27-18/h3-12H,1-2H3/t12-/m0/s1. The third-order valence-corrected chi connectivity index (χ3v) is 4.14. The highest BCUT2D eigenvalue weighted by molar-refractivity contribution is 5.90. The smallest absolute Gasteiger partial charge is 0.338 e. The van der Waals surface area contributed by atoms with Gasteiger partial charge in [-0.1, -0.05) is 0 Å². The summed E-state index contributed by atoms with van der Waals surface area (Å²) in [4.78, 5) is 12.4. The molecule has 0 unspecified atom stereocenters. The number of hydrogen-bond donors (Lipinski definition) is 0. The summed E-state index contributed by atoms with van der Waals surface area (Å²) in [6, 6.07) is 13.8. The van der Waals surface area contributed by atoms with Gasteiger partial charge in [0.05, 0.1) is 12.7 Å². The molecular formula is C20H16N4O5. The van der Waals surface area contributed by atoms with Crippen molar-refractivity contribution in [3.8, 4) is 28.7 Å². The molecule has 0 aliphatic rings. The Morgan fingerprint density at radius 3 is 2.28 bits per heavy atom. The van der Waals surface area contributed by atoms with Crippen LogP contribution in [0.15, 0.2) is 63.8 Å². The lowest BCUT2D eigenvalue weighted by Gasteiger charge is -2.09. The fourth-order valence-corrected chi connectivity index (χ4v) is 2.58. The zero-order chi connectivity index (χ0) is 20.2. The van der Waals surface area contributed by atoms with E-state index in [0.29, 0.717) is 22.9 Å². The SMILES string of the molecule is COc1ccc(-c2nnc([C@H](C)OC(=O)c3ccc(-c4nnco4)cc3)o2)cc1. The van der Waals surface area contributed by atoms with Gasteiger partial charge >= 0.3 is 5.97 Å². The molecule has 0 spiro atoms. The zero-order valence-corrected chi connectivity index (χ0v) is 15.6. The van der Waals surface area contributed by atoms with E-state index in [1.54, 1.807) is 62.6 Å². The van der Waals surface area contributed by atoms with Crippen LogP contribution in [0.2, 0.25) is 0 Å². The summed E-state index contributed by atoms with van der Waals surface area (Å²) in [7, 11) is 1.59. The number of aromatic nitrogens is 4. The molecule has 0 fully saturated rings. The molecule has 2 aromatic carbocycles. The second kappa shape index (κ2) is 7.93. The van der Waals surface area contributed by atoms with Crippen LogP contribution in [-0.4, -0.2) is 33.5 Å². The van der Waals surface area contributed by atoms with Crippen LogP contribution >= 0.6 is 0 Å². The second-order valence-electron chi connectivity index (χ2n) is 6.04. The number of ether oxygens (including phenoxy) is 2. The monoisotopic (exact) mass is 392 g/mol. The molecule has 0 saturated heterocycles. The highest BCUT2D eigenvalue weighted by Gasteiger charge is 2.20. The Balaban J connectivity index is 1.43. The van der Waals surface area contributed by atoms with Gasteiger partial charge in [0.25, 0.3) is 5.89 Å². The molecule has 2 heterocycles. The first-order chi connectivity index (χ1) is 14.1. The molecule has 0 bridgehead atoms. The van der Waals surface area contributed by atoms with Crippen LogP contribution in [0.4, 0.5) is 0 Å². The average Bonchev–Trinajstić information content (AvgIpc) is 3.46. The Morgan fingerprint density at radius 2 is 1.62 bits per heavy atom. The summed E-state index contributed by atoms with van der Waals surface area (Å²) < 4.78 is 21.3. The average molecular weight is 392 g/mol. The van der Waals surface area contributed by atoms with Gasteiger partial charge in [-0.15, -0.1) is 20.4 Å². The van der Waals surface area contributed by atoms with Gasteiger partial charge in [-0.2, -0.15) is 0 Å². The van der Waals surface area contributed by atoms with Crippen LogP contribution in [0.1, 0.15) is 29.3 Å². The molecule has 4 rings (SSSR count). The Morgan fingerprint density at radius 1 is 0.931 bits per heavy atom. The van der Waals surface area contributed by atoms with Crippen LogP contribution in [0, 0.1) is 0 Å². The molecule has 29 heavy (non-hydrogen) atoms. The van der Waals surface area contributed by atoms with E-state index in [-0.39, 0.29) is 5.89 Å². The number of carbonyl (C=O) groups is 1. The van der Waals surface area contributed by atoms with E-state index < -0.39 is 12.1 Å². The van der Waals surface area contributed by atoms with E-state index in [1.165, 1.54) is 6.39 Å². The fraction of sp³-hybridized carbons (Fsp3) is 0.150. The molecule has 0 aliphatic carbocycles. The maximum atomic E-state index is 12.4. The quantitative estimate of drug-likeness (QED) is 0.453. The minimum absolute atomic E-state index is 0.201. The fourth-order valence-electron chi connectivity index (χ4n) is 2.58. The second-order valence-corrected chi connectivity index (χ2v) is 6.04. The molecule has 0 radical (unpaired) electrons. The topological polar surface area (TPSA) is 113 Å². The third-order valence-electron chi connectivity index (χ3n) is 4.14. The Labute approximate surface area is 165 Å². The summed E-state index contributed by atoms with van der Waals surface area (Å²) in [5.41, 5.74) is 1.81. The Kier molecular flexibility index (Phi) is 5.02. The summed E-state index contributed by atoms with van der Waals surface area (Å²) in [6.07, 6.45) is 0.529. The van der Waals surface area contributed by atoms with Gasteiger partial charge in [0, 0.05) is 11.1 Å². The summed E-state index contributed by atoms with van der Waals surface area (Å²) in [5.74, 6) is 1.11. The van der Waals surface area contributed by atoms with E-state index in [2.05, 4.69) is 20.4 Å². The number of rotatable bonds is 6. The first-order valence-electron chi connectivity index (χ1n) is 8.69. The van der Waals surface area contributed by atoms with Gasteiger partial charge in [-0.05, 0) is 55.5 Å². The largest absolute Gasteiger partial charge is 0.497 e. The zero-order valence-electron chi connectivity index (χ0n) is 15.6. The summed E-state index contributed by atoms with van der Waals surface area (Å²) in [5, 5.41) is 15.4. The highest BCUT2D eigenvalue weighted by Crippen LogP contribution is 2.25. The first kappa shape index (κ1) is 18.4. The van der Waals surface area contributed by atoms with Crippen molar-refractivity contribution in [2.45, 2.75) is 13.0 Å². The molecule has 0 saturated carbocycles. The number of benzene rings is 2. The van der Waals surface area contributed by atoms with Gasteiger partial charge in [-0.25, -0.2) is 4.79 Å². The van der Waals surface area contributed by atoms with Crippen LogP contribution in [0.3, 0.4) is 0 Å². The van der Waals surface area contributed by atoms with E-state index in [0.717, 1.165) is 11.3 Å². The van der Waals surface area contributed by atoms with Crippen molar-refractivity contribution < 1.29 is 23.1 Å². The minimum atomic E-state index is -0.711. The lowest BCUT2D eigenvalue weighted by atomic mass is 10.1. The maximum absolute atomic E-state index is 12.4. The predicted octanol–water partition coefficient (Wildman–Crippen LogP) is 3.71. The molecular weight excluding hydrogens is 376 g/mol. The van der Waals surface area contributed by atoms with Crippen molar-refractivity contribution in [2.24, 2.45) is 0 Å². The highest BCUT2D eigenvalue weighted by atomic mass is 16.6. The molecule has 2 aromatic heterocycles. The number of carbonyl (C=O) groups excluding carboxylic acids is 1.